The van der Waals surface area contributed by atoms with Gasteiger partial charge in [0, 0.05) is 12.7 Å². The van der Waals surface area contributed by atoms with E-state index in [1.54, 1.807) is 27.7 Å². The van der Waals surface area contributed by atoms with Gasteiger partial charge < -0.3 is 10.5 Å². The van der Waals surface area contributed by atoms with Crippen molar-refractivity contribution in [2.75, 3.05) is 18.8 Å². The summed E-state index contributed by atoms with van der Waals surface area (Å²) in [5.74, 6) is -0.510. The van der Waals surface area contributed by atoms with Gasteiger partial charge in [-0.25, -0.2) is 19.2 Å². The lowest BCUT2D eigenvalue weighted by Gasteiger charge is -2.24. The summed E-state index contributed by atoms with van der Waals surface area (Å²) < 4.78 is 5.93. The van der Waals surface area contributed by atoms with Crippen molar-refractivity contribution in [2.24, 2.45) is 0 Å². The number of ether oxygens (including phenoxy) is 1. The third-order valence-electron chi connectivity index (χ3n) is 2.45. The Morgan fingerprint density at radius 2 is 2.09 bits per heavy atom. The zero-order valence-corrected chi connectivity index (χ0v) is 13.1. The molecule has 0 spiro atoms. The van der Waals surface area contributed by atoms with E-state index in [0.717, 1.165) is 4.57 Å². The number of hydrogen-bond donors (Lipinski definition) is 2. The van der Waals surface area contributed by atoms with Crippen LogP contribution in [0.3, 0.4) is 0 Å². The molecular formula is C13H21N5O4. The van der Waals surface area contributed by atoms with Crippen molar-refractivity contribution in [2.45, 2.75) is 33.3 Å². The number of nitrogens with one attached hydrogen (secondary N) is 1. The van der Waals surface area contributed by atoms with E-state index in [9.17, 15) is 14.4 Å². The number of hydrogen-bond acceptors (Lipinski definition) is 7. The van der Waals surface area contributed by atoms with Crippen LogP contribution in [0.5, 0.6) is 0 Å². The second-order valence-corrected chi connectivity index (χ2v) is 5.53. The van der Waals surface area contributed by atoms with Gasteiger partial charge in [-0.1, -0.05) is 6.92 Å². The monoisotopic (exact) mass is 311 g/mol. The molecule has 1 heterocycles. The fourth-order valence-electron chi connectivity index (χ4n) is 1.51. The number of anilines is 1. The van der Waals surface area contributed by atoms with Crippen molar-refractivity contribution in [1.82, 2.24) is 20.0 Å². The normalized spacial score (nSPS) is 11.3. The van der Waals surface area contributed by atoms with E-state index in [4.69, 9.17) is 10.5 Å². The van der Waals surface area contributed by atoms with E-state index in [1.807, 2.05) is 0 Å². The zero-order valence-electron chi connectivity index (χ0n) is 13.1. The van der Waals surface area contributed by atoms with Crippen LogP contribution in [0.15, 0.2) is 17.1 Å². The van der Waals surface area contributed by atoms with Gasteiger partial charge in [-0.15, -0.1) is 0 Å². The van der Waals surface area contributed by atoms with Gasteiger partial charge in [0.2, 0.25) is 0 Å². The van der Waals surface area contributed by atoms with Crippen LogP contribution in [0.25, 0.3) is 0 Å². The highest BCUT2D eigenvalue weighted by Gasteiger charge is 2.19. The molecule has 0 aromatic carbocycles. The second kappa shape index (κ2) is 7.03. The topological polar surface area (TPSA) is 120 Å². The van der Waals surface area contributed by atoms with Crippen LogP contribution in [0.1, 0.15) is 32.5 Å². The lowest BCUT2D eigenvalue weighted by atomic mass is 10.2. The number of nitrogen functional groups attached to an aromatic ring is 1. The molecule has 0 saturated heterocycles. The molecule has 0 fully saturated rings. The predicted octanol–water partition coefficient (Wildman–Crippen LogP) is 0.227. The third-order valence-corrected chi connectivity index (χ3v) is 2.45. The summed E-state index contributed by atoms with van der Waals surface area (Å²) in [6.07, 6.45) is 0.568. The Morgan fingerprint density at radius 1 is 1.45 bits per heavy atom. The molecule has 1 aromatic heterocycles. The maximum Gasteiger partial charge on any atom is 0.422 e. The van der Waals surface area contributed by atoms with E-state index in [-0.39, 0.29) is 12.4 Å². The second-order valence-electron chi connectivity index (χ2n) is 5.53. The number of nitrogens with zero attached hydrogens (tertiary/aromatic N) is 3. The van der Waals surface area contributed by atoms with Crippen LogP contribution in [0.2, 0.25) is 0 Å². The molecule has 3 N–H and O–H groups in total. The van der Waals surface area contributed by atoms with Gasteiger partial charge in [0.25, 0.3) is 5.91 Å². The quantitative estimate of drug-likeness (QED) is 0.763. The molecule has 0 saturated carbocycles. The Kier molecular flexibility index (Phi) is 5.63. The van der Waals surface area contributed by atoms with Gasteiger partial charge in [0.1, 0.15) is 11.4 Å². The van der Waals surface area contributed by atoms with E-state index in [1.165, 1.54) is 17.3 Å². The predicted molar refractivity (Wildman–Crippen MR) is 80.2 cm³/mol. The van der Waals surface area contributed by atoms with Gasteiger partial charge in [-0.2, -0.15) is 4.98 Å². The molecule has 1 rings (SSSR count). The van der Waals surface area contributed by atoms with E-state index < -0.39 is 23.3 Å². The van der Waals surface area contributed by atoms with Gasteiger partial charge in [-0.3, -0.25) is 10.2 Å². The smallest absolute Gasteiger partial charge is 0.422 e. The lowest BCUT2D eigenvalue weighted by molar-refractivity contribution is 0.0332. The first-order valence-corrected chi connectivity index (χ1v) is 6.75. The Balaban J connectivity index is 2.71. The highest BCUT2D eigenvalue weighted by Crippen LogP contribution is 2.06. The number of nitrogens with two attached hydrogens (primary N) is 1. The van der Waals surface area contributed by atoms with Crippen LogP contribution in [0, 0.1) is 0 Å². The summed E-state index contributed by atoms with van der Waals surface area (Å²) in [4.78, 5) is 38.8. The van der Waals surface area contributed by atoms with Crippen molar-refractivity contribution in [1.29, 1.82) is 0 Å². The van der Waals surface area contributed by atoms with Gasteiger partial charge in [-0.05, 0) is 26.8 Å². The molecule has 22 heavy (non-hydrogen) atoms. The molecule has 1 amide bonds. The molecule has 1 aromatic rings. The Morgan fingerprint density at radius 3 is 2.59 bits per heavy atom. The molecule has 0 unspecified atom stereocenters. The highest BCUT2D eigenvalue weighted by molar-refractivity contribution is 5.81. The molecule has 0 atom stereocenters. The maximum absolute atomic E-state index is 12.1. The molecule has 0 aliphatic heterocycles. The Bertz CT molecular complexity index is 605. The summed E-state index contributed by atoms with van der Waals surface area (Å²) >= 11 is 0. The molecule has 0 bridgehead atoms. The van der Waals surface area contributed by atoms with Crippen LogP contribution < -0.4 is 16.8 Å². The van der Waals surface area contributed by atoms with Gasteiger partial charge in [0.05, 0.1) is 6.54 Å². The molecule has 9 nitrogen and oxygen atoms in total. The maximum atomic E-state index is 12.1. The number of rotatable bonds is 4. The molecular weight excluding hydrogens is 290 g/mol. The van der Waals surface area contributed by atoms with Crippen molar-refractivity contribution < 1.29 is 14.3 Å². The van der Waals surface area contributed by atoms with E-state index in [2.05, 4.69) is 10.4 Å². The number of amides is 1. The average Bonchev–Trinajstić information content (AvgIpc) is 2.35. The first-order chi connectivity index (χ1) is 10.1. The van der Waals surface area contributed by atoms with Crippen molar-refractivity contribution in [3.05, 3.63) is 22.7 Å². The SMILES string of the molecule is CCN(CC(=O)n1ccc(N)nc1=O)NC(=O)OC(C)(C)C. The summed E-state index contributed by atoms with van der Waals surface area (Å²) in [7, 11) is 0. The van der Waals surface area contributed by atoms with Crippen LogP contribution in [-0.2, 0) is 4.74 Å². The fraction of sp³-hybridized carbons (Fsp3) is 0.538. The molecule has 0 radical (unpaired) electrons. The molecule has 9 heteroatoms. The van der Waals surface area contributed by atoms with Gasteiger partial charge >= 0.3 is 11.8 Å². The average molecular weight is 311 g/mol. The minimum Gasteiger partial charge on any atom is -0.443 e. The van der Waals surface area contributed by atoms with Crippen molar-refractivity contribution in [3.63, 3.8) is 0 Å². The highest BCUT2D eigenvalue weighted by atomic mass is 16.6. The van der Waals surface area contributed by atoms with E-state index in [0.29, 0.717) is 6.54 Å². The lowest BCUT2D eigenvalue weighted by Crippen LogP contribution is -2.48. The minimum absolute atomic E-state index is 0.0354. The van der Waals surface area contributed by atoms with Crippen LogP contribution in [-0.4, -0.2) is 45.3 Å². The van der Waals surface area contributed by atoms with Crippen LogP contribution in [0.4, 0.5) is 10.6 Å². The van der Waals surface area contributed by atoms with E-state index >= 15 is 0 Å². The standard InChI is InChI=1S/C13H21N5O4/c1-5-17(16-12(21)22-13(2,3)4)8-10(19)18-7-6-9(14)15-11(18)20/h6-7H,5,8H2,1-4H3,(H,16,21)(H2,14,15,20). The van der Waals surface area contributed by atoms with Crippen molar-refractivity contribution >= 4 is 17.8 Å². The largest absolute Gasteiger partial charge is 0.443 e. The number of aromatic nitrogens is 2. The molecule has 122 valence electrons. The third kappa shape index (κ3) is 5.52. The molecule has 0 aliphatic carbocycles. The number of likely N-dealkylation sites (N-methyl/N-ethyl adjacent to an activating group) is 1. The van der Waals surface area contributed by atoms with Gasteiger partial charge in [0.15, 0.2) is 0 Å². The summed E-state index contributed by atoms with van der Waals surface area (Å²) in [5.41, 5.74) is 6.39. The van der Waals surface area contributed by atoms with Crippen molar-refractivity contribution in [3.8, 4) is 0 Å². The molecule has 0 aliphatic rings. The first kappa shape index (κ1) is 17.6. The number of carbonyl (C=O) groups excluding carboxylic acids is 2. The summed E-state index contributed by atoms with van der Waals surface area (Å²) in [5, 5.41) is 1.33. The Hall–Kier alpha value is -2.42. The summed E-state index contributed by atoms with van der Waals surface area (Å²) in [6, 6.07) is 1.34. The zero-order chi connectivity index (χ0) is 16.9. The Labute approximate surface area is 128 Å². The minimum atomic E-state index is -0.765. The summed E-state index contributed by atoms with van der Waals surface area (Å²) in [6.45, 7) is 7.08. The fourth-order valence-corrected chi connectivity index (χ4v) is 1.51. The first-order valence-electron chi connectivity index (χ1n) is 6.75. The van der Waals surface area contributed by atoms with Crippen LogP contribution >= 0.6 is 0 Å². The number of hydrazine groups is 1. The number of carbonyl (C=O) groups is 2.